The Morgan fingerprint density at radius 1 is 1.08 bits per heavy atom. The number of hydrogen-bond donors (Lipinski definition) is 1. The number of carbonyl (C=O) groups excluding carboxylic acids is 1. The van der Waals surface area contributed by atoms with Gasteiger partial charge in [0.2, 0.25) is 5.91 Å². The fourth-order valence-corrected chi connectivity index (χ4v) is 7.99. The van der Waals surface area contributed by atoms with E-state index < -0.39 is 11.9 Å². The number of aliphatic hydroxyl groups is 1. The number of imidazole rings is 1. The number of fused-ring (bicyclic) bond motifs is 1. The van der Waals surface area contributed by atoms with Crippen LogP contribution in [0.25, 0.3) is 38.7 Å². The Hall–Kier alpha value is -4.70. The van der Waals surface area contributed by atoms with Crippen molar-refractivity contribution < 1.29 is 18.7 Å². The first-order valence-corrected chi connectivity index (χ1v) is 17.6. The van der Waals surface area contributed by atoms with Crippen LogP contribution < -0.4 is 4.90 Å². The molecule has 0 unspecified atom stereocenters. The number of hydrogen-bond acceptors (Lipinski definition) is 8. The van der Waals surface area contributed by atoms with E-state index in [1.807, 2.05) is 19.9 Å². The number of carbonyl (C=O) groups is 1. The average molecular weight is 696 g/mol. The minimum absolute atomic E-state index is 0.0477. The van der Waals surface area contributed by atoms with Gasteiger partial charge in [0.15, 0.2) is 0 Å². The van der Waals surface area contributed by atoms with Gasteiger partial charge in [-0.25, -0.2) is 18.7 Å². The van der Waals surface area contributed by atoms with Crippen molar-refractivity contribution in [1.29, 1.82) is 5.26 Å². The number of amides is 1. The van der Waals surface area contributed by atoms with E-state index in [0.29, 0.717) is 71.4 Å². The topological polar surface area (TPSA) is 101 Å². The van der Waals surface area contributed by atoms with Gasteiger partial charge in [0.1, 0.15) is 33.2 Å². The van der Waals surface area contributed by atoms with E-state index in [2.05, 4.69) is 51.4 Å². The highest BCUT2D eigenvalue weighted by Crippen LogP contribution is 2.39. The fraction of sp³-hybridized carbons (Fsp3) is 0.368. The van der Waals surface area contributed by atoms with Gasteiger partial charge in [0, 0.05) is 61.1 Å². The summed E-state index contributed by atoms with van der Waals surface area (Å²) < 4.78 is 32.0. The van der Waals surface area contributed by atoms with Gasteiger partial charge in [-0.2, -0.15) is 5.26 Å². The molecule has 5 heterocycles. The number of nitrogens with zero attached hydrogens (tertiary/aromatic N) is 7. The molecule has 2 aliphatic rings. The van der Waals surface area contributed by atoms with Crippen molar-refractivity contribution in [2.24, 2.45) is 0 Å². The Labute approximate surface area is 294 Å². The summed E-state index contributed by atoms with van der Waals surface area (Å²) >= 11 is 1.11. The van der Waals surface area contributed by atoms with Crippen LogP contribution >= 0.6 is 11.3 Å². The Bertz CT molecular complexity index is 2160. The highest BCUT2D eigenvalue weighted by molar-refractivity contribution is 7.16. The predicted octanol–water partition coefficient (Wildman–Crippen LogP) is 6.22. The first-order chi connectivity index (χ1) is 23.9. The zero-order valence-corrected chi connectivity index (χ0v) is 29.6. The molecule has 0 bridgehead atoms. The molecule has 7 rings (SSSR count). The van der Waals surface area contributed by atoms with Crippen LogP contribution in [0.2, 0.25) is 0 Å². The van der Waals surface area contributed by atoms with Gasteiger partial charge in [-0.05, 0) is 81.6 Å². The standard InChI is InChI=1S/C38H39F2N7O2S/c1-6-30-35(28-11-12-29(33(40)23(28)3)37-43-34(31(16-41)50-37)24-7-9-25(39)10-8-24)47-17-26(15-22(2)36(47)42-30)44-13-14-46(38(4,5)21-44)20-32(49)45-18-27(48)19-45/h7-12,15,17,27,48H,6,13-14,18-21H2,1-5H3. The lowest BCUT2D eigenvalue weighted by Crippen LogP contribution is -2.63. The number of anilines is 1. The highest BCUT2D eigenvalue weighted by atomic mass is 32.1. The van der Waals surface area contributed by atoms with Crippen LogP contribution in [0.3, 0.4) is 0 Å². The number of thiazole rings is 1. The Kier molecular flexibility index (Phi) is 8.70. The number of β-amino-alcohol motifs (C(OH)–C–C–N with tert-alkyl or cyclic N) is 1. The maximum absolute atomic E-state index is 16.4. The van der Waals surface area contributed by atoms with Crippen molar-refractivity contribution >= 4 is 28.6 Å². The number of nitriles is 1. The van der Waals surface area contributed by atoms with E-state index in [-0.39, 0.29) is 17.3 Å². The zero-order valence-electron chi connectivity index (χ0n) is 28.8. The summed E-state index contributed by atoms with van der Waals surface area (Å²) in [5.41, 5.74) is 6.73. The van der Waals surface area contributed by atoms with Gasteiger partial charge < -0.3 is 14.9 Å². The number of aryl methyl sites for hydroxylation is 2. The molecule has 3 aromatic heterocycles. The molecule has 50 heavy (non-hydrogen) atoms. The predicted molar refractivity (Wildman–Crippen MR) is 191 cm³/mol. The van der Waals surface area contributed by atoms with Crippen molar-refractivity contribution in [1.82, 2.24) is 24.2 Å². The van der Waals surface area contributed by atoms with Gasteiger partial charge >= 0.3 is 0 Å². The number of pyridine rings is 1. The number of halogens is 2. The molecule has 2 saturated heterocycles. The monoisotopic (exact) mass is 695 g/mol. The second-order valence-corrected chi connectivity index (χ2v) is 14.9. The average Bonchev–Trinajstić information content (AvgIpc) is 3.67. The maximum Gasteiger partial charge on any atom is 0.236 e. The fourth-order valence-electron chi connectivity index (χ4n) is 7.09. The normalized spacial score (nSPS) is 16.5. The van der Waals surface area contributed by atoms with E-state index in [4.69, 9.17) is 4.98 Å². The van der Waals surface area contributed by atoms with Crippen molar-refractivity contribution in [2.75, 3.05) is 44.2 Å². The molecule has 1 N–H and O–H groups in total. The van der Waals surface area contributed by atoms with Crippen LogP contribution in [0, 0.1) is 36.8 Å². The summed E-state index contributed by atoms with van der Waals surface area (Å²) in [6.07, 6.45) is 2.32. The summed E-state index contributed by atoms with van der Waals surface area (Å²) in [7, 11) is 0. The van der Waals surface area contributed by atoms with Gasteiger partial charge in [0.25, 0.3) is 0 Å². The van der Waals surface area contributed by atoms with Gasteiger partial charge in [-0.1, -0.05) is 13.0 Å². The molecular weight excluding hydrogens is 657 g/mol. The van der Waals surface area contributed by atoms with E-state index in [1.54, 1.807) is 30.0 Å². The Morgan fingerprint density at radius 2 is 1.80 bits per heavy atom. The summed E-state index contributed by atoms with van der Waals surface area (Å²) in [4.78, 5) is 29.0. The van der Waals surface area contributed by atoms with E-state index in [0.717, 1.165) is 51.7 Å². The molecule has 0 aliphatic carbocycles. The molecule has 12 heteroatoms. The second-order valence-electron chi connectivity index (χ2n) is 13.9. The quantitative estimate of drug-likeness (QED) is 0.216. The highest BCUT2D eigenvalue weighted by Gasteiger charge is 2.38. The Morgan fingerprint density at radius 3 is 2.46 bits per heavy atom. The van der Waals surface area contributed by atoms with Crippen LogP contribution in [-0.4, -0.2) is 86.1 Å². The third-order valence-electron chi connectivity index (χ3n) is 9.99. The van der Waals surface area contributed by atoms with Crippen LogP contribution in [0.4, 0.5) is 14.5 Å². The van der Waals surface area contributed by atoms with Crippen LogP contribution in [0.1, 0.15) is 42.5 Å². The Balaban J connectivity index is 1.22. The molecular formula is C38H39F2N7O2S. The third kappa shape index (κ3) is 5.93. The summed E-state index contributed by atoms with van der Waals surface area (Å²) in [6.45, 7) is 13.4. The third-order valence-corrected chi connectivity index (χ3v) is 11.0. The first kappa shape index (κ1) is 33.8. The first-order valence-electron chi connectivity index (χ1n) is 16.8. The summed E-state index contributed by atoms with van der Waals surface area (Å²) in [6, 6.07) is 13.7. The van der Waals surface area contributed by atoms with E-state index in [1.165, 1.54) is 12.1 Å². The molecule has 0 radical (unpaired) electrons. The smallest absolute Gasteiger partial charge is 0.236 e. The lowest BCUT2D eigenvalue weighted by Gasteiger charge is -2.48. The van der Waals surface area contributed by atoms with Gasteiger partial charge in [0.05, 0.1) is 35.4 Å². The molecule has 0 saturated carbocycles. The zero-order chi connectivity index (χ0) is 35.5. The van der Waals surface area contributed by atoms with Crippen LogP contribution in [0.15, 0.2) is 48.7 Å². The molecule has 1 amide bonds. The molecule has 0 spiro atoms. The van der Waals surface area contributed by atoms with Crippen LogP contribution in [-0.2, 0) is 11.2 Å². The molecule has 0 atom stereocenters. The molecule has 258 valence electrons. The SMILES string of the molecule is CCc1nc2c(C)cc(N3CCN(CC(=O)N4CC(O)C4)C(C)(C)C3)cn2c1-c1ccc(-c2nc(-c3ccc(F)cc3)c(C#N)s2)c(F)c1C. The van der Waals surface area contributed by atoms with Crippen molar-refractivity contribution in [3.05, 3.63) is 82.0 Å². The minimum Gasteiger partial charge on any atom is -0.389 e. The van der Waals surface area contributed by atoms with E-state index >= 15 is 4.39 Å². The number of rotatable bonds is 7. The molecule has 2 aliphatic heterocycles. The molecule has 2 aromatic carbocycles. The number of benzene rings is 2. The summed E-state index contributed by atoms with van der Waals surface area (Å²) in [5, 5.41) is 19.8. The second kappa shape index (κ2) is 12.9. The molecule has 5 aromatic rings. The van der Waals surface area contributed by atoms with E-state index in [9.17, 15) is 19.6 Å². The number of piperazine rings is 1. The minimum atomic E-state index is -0.420. The van der Waals surface area contributed by atoms with Gasteiger partial charge in [-0.3, -0.25) is 14.1 Å². The van der Waals surface area contributed by atoms with Crippen molar-refractivity contribution in [3.63, 3.8) is 0 Å². The summed E-state index contributed by atoms with van der Waals surface area (Å²) in [5.74, 6) is -0.760. The largest absolute Gasteiger partial charge is 0.389 e. The molecule has 9 nitrogen and oxygen atoms in total. The molecule has 2 fully saturated rings. The van der Waals surface area contributed by atoms with Gasteiger partial charge in [-0.15, -0.1) is 11.3 Å². The maximum atomic E-state index is 16.4. The number of likely N-dealkylation sites (tertiary alicyclic amines) is 1. The van der Waals surface area contributed by atoms with Crippen LogP contribution in [0.5, 0.6) is 0 Å². The number of aliphatic hydroxyl groups excluding tert-OH is 1. The van der Waals surface area contributed by atoms with Crippen molar-refractivity contribution in [2.45, 2.75) is 52.7 Å². The lowest BCUT2D eigenvalue weighted by atomic mass is 9.97. The lowest BCUT2D eigenvalue weighted by molar-refractivity contribution is -0.144. The van der Waals surface area contributed by atoms with Crippen molar-refractivity contribution in [3.8, 4) is 39.2 Å². The number of aromatic nitrogens is 3.